The number of carbonyl (C=O) groups is 3. The van der Waals surface area contributed by atoms with Crippen LogP contribution in [0.2, 0.25) is 0 Å². The van der Waals surface area contributed by atoms with Crippen LogP contribution >= 0.6 is 11.8 Å². The van der Waals surface area contributed by atoms with E-state index in [4.69, 9.17) is 4.74 Å². The number of benzene rings is 4. The van der Waals surface area contributed by atoms with E-state index in [1.807, 2.05) is 55.5 Å². The standard InChI is InChI=1S/C32H29N3O4S/c1-22(30(36)33-25-14-7-4-8-15-25)40-28-18-10-16-26(21-28)34-32(38)29(20-23-11-9-17-27(19-23)39-2)35-31(37)24-12-5-3-6-13-24/h3-22H,1-2H3,(H,33,36)(H,34,38)(H,35,37)/b29-20-. The molecule has 4 aromatic rings. The molecule has 0 saturated heterocycles. The molecule has 0 saturated carbocycles. The van der Waals surface area contributed by atoms with Gasteiger partial charge in [0.1, 0.15) is 11.4 Å². The Balaban J connectivity index is 1.50. The zero-order valence-electron chi connectivity index (χ0n) is 22.1. The molecule has 3 amide bonds. The topological polar surface area (TPSA) is 96.5 Å². The molecule has 40 heavy (non-hydrogen) atoms. The Bertz CT molecular complexity index is 1510. The molecule has 8 heteroatoms. The second kappa shape index (κ2) is 13.8. The van der Waals surface area contributed by atoms with Crippen LogP contribution in [0.25, 0.3) is 6.08 Å². The molecule has 0 bridgehead atoms. The van der Waals surface area contributed by atoms with E-state index in [-0.39, 0.29) is 16.9 Å². The third-order valence-electron chi connectivity index (χ3n) is 5.75. The molecule has 0 heterocycles. The summed E-state index contributed by atoms with van der Waals surface area (Å²) in [4.78, 5) is 39.7. The first-order chi connectivity index (χ1) is 19.4. The lowest BCUT2D eigenvalue weighted by molar-refractivity contribution is -0.115. The van der Waals surface area contributed by atoms with Gasteiger partial charge in [-0.25, -0.2) is 0 Å². The van der Waals surface area contributed by atoms with Crippen LogP contribution in [0.1, 0.15) is 22.8 Å². The van der Waals surface area contributed by atoms with Crippen molar-refractivity contribution in [1.29, 1.82) is 0 Å². The highest BCUT2D eigenvalue weighted by Gasteiger charge is 2.17. The molecule has 1 unspecified atom stereocenters. The fraction of sp³-hybridized carbons (Fsp3) is 0.0938. The Hall–Kier alpha value is -4.82. The van der Waals surface area contributed by atoms with Crippen LogP contribution in [0.5, 0.6) is 5.75 Å². The summed E-state index contributed by atoms with van der Waals surface area (Å²) >= 11 is 1.37. The molecule has 0 aromatic heterocycles. The third-order valence-corrected chi connectivity index (χ3v) is 6.84. The molecule has 0 radical (unpaired) electrons. The molecule has 1 atom stereocenters. The number of hydrogen-bond donors (Lipinski definition) is 3. The van der Waals surface area contributed by atoms with E-state index < -0.39 is 11.8 Å². The summed E-state index contributed by atoms with van der Waals surface area (Å²) in [6, 6.07) is 32.3. The number of thioether (sulfide) groups is 1. The predicted molar refractivity (Wildman–Crippen MR) is 160 cm³/mol. The van der Waals surface area contributed by atoms with E-state index in [9.17, 15) is 14.4 Å². The largest absolute Gasteiger partial charge is 0.497 e. The molecule has 0 spiro atoms. The number of ether oxygens (including phenoxy) is 1. The van der Waals surface area contributed by atoms with Crippen LogP contribution in [0, 0.1) is 0 Å². The van der Waals surface area contributed by atoms with E-state index in [1.165, 1.54) is 11.8 Å². The van der Waals surface area contributed by atoms with Gasteiger partial charge in [-0.2, -0.15) is 0 Å². The number of carbonyl (C=O) groups excluding carboxylic acids is 3. The number of hydrogen-bond acceptors (Lipinski definition) is 5. The highest BCUT2D eigenvalue weighted by atomic mass is 32.2. The van der Waals surface area contributed by atoms with Crippen LogP contribution in [0.15, 0.2) is 120 Å². The van der Waals surface area contributed by atoms with Crippen LogP contribution in [-0.2, 0) is 9.59 Å². The van der Waals surface area contributed by atoms with Gasteiger partial charge in [0.15, 0.2) is 0 Å². The van der Waals surface area contributed by atoms with Gasteiger partial charge in [0.2, 0.25) is 5.91 Å². The molecule has 202 valence electrons. The van der Waals surface area contributed by atoms with Crippen LogP contribution in [0.3, 0.4) is 0 Å². The Kier molecular flexibility index (Phi) is 9.74. The zero-order chi connectivity index (χ0) is 28.3. The molecule has 4 rings (SSSR count). The Labute approximate surface area is 237 Å². The molecule has 3 N–H and O–H groups in total. The molecule has 7 nitrogen and oxygen atoms in total. The lowest BCUT2D eigenvalue weighted by atomic mass is 10.1. The van der Waals surface area contributed by atoms with Gasteiger partial charge in [-0.1, -0.05) is 54.6 Å². The van der Waals surface area contributed by atoms with Gasteiger partial charge in [-0.15, -0.1) is 11.8 Å². The number of para-hydroxylation sites is 1. The van der Waals surface area contributed by atoms with Crippen molar-refractivity contribution in [3.05, 3.63) is 126 Å². The quantitative estimate of drug-likeness (QED) is 0.161. The highest BCUT2D eigenvalue weighted by Crippen LogP contribution is 2.27. The minimum absolute atomic E-state index is 0.0655. The van der Waals surface area contributed by atoms with Crippen molar-refractivity contribution in [2.45, 2.75) is 17.1 Å². The number of methoxy groups -OCH3 is 1. The minimum Gasteiger partial charge on any atom is -0.497 e. The van der Waals surface area contributed by atoms with Gasteiger partial charge >= 0.3 is 0 Å². The Morgan fingerprint density at radius 3 is 2.17 bits per heavy atom. The summed E-state index contributed by atoms with van der Waals surface area (Å²) in [5.74, 6) is -0.410. The van der Waals surface area contributed by atoms with Gasteiger partial charge in [-0.3, -0.25) is 14.4 Å². The van der Waals surface area contributed by atoms with Gasteiger partial charge < -0.3 is 20.7 Å². The average molecular weight is 552 g/mol. The van der Waals surface area contributed by atoms with E-state index in [2.05, 4.69) is 16.0 Å². The number of rotatable bonds is 10. The molecular weight excluding hydrogens is 522 g/mol. The first kappa shape index (κ1) is 28.2. The van der Waals surface area contributed by atoms with Crippen molar-refractivity contribution >= 4 is 46.9 Å². The summed E-state index contributed by atoms with van der Waals surface area (Å²) in [5.41, 5.74) is 2.43. The maximum Gasteiger partial charge on any atom is 0.272 e. The summed E-state index contributed by atoms with van der Waals surface area (Å²) < 4.78 is 5.29. The van der Waals surface area contributed by atoms with Gasteiger partial charge in [0.05, 0.1) is 12.4 Å². The molecule has 4 aromatic carbocycles. The smallest absolute Gasteiger partial charge is 0.272 e. The maximum atomic E-state index is 13.4. The number of nitrogens with one attached hydrogen (secondary N) is 3. The zero-order valence-corrected chi connectivity index (χ0v) is 22.9. The summed E-state index contributed by atoms with van der Waals surface area (Å²) in [7, 11) is 1.56. The van der Waals surface area contributed by atoms with Crippen LogP contribution < -0.4 is 20.7 Å². The van der Waals surface area contributed by atoms with E-state index >= 15 is 0 Å². The SMILES string of the molecule is COc1cccc(/C=C(\NC(=O)c2ccccc2)C(=O)Nc2cccc(SC(C)C(=O)Nc3ccccc3)c2)c1. The maximum absolute atomic E-state index is 13.4. The molecule has 0 fully saturated rings. The number of amides is 3. The van der Waals surface area contributed by atoms with Crippen molar-refractivity contribution in [1.82, 2.24) is 5.32 Å². The first-order valence-corrected chi connectivity index (χ1v) is 13.5. The predicted octanol–water partition coefficient (Wildman–Crippen LogP) is 6.22. The fourth-order valence-corrected chi connectivity index (χ4v) is 4.64. The third kappa shape index (κ3) is 8.09. The Morgan fingerprint density at radius 2 is 1.45 bits per heavy atom. The van der Waals surface area contributed by atoms with Crippen molar-refractivity contribution in [2.75, 3.05) is 17.7 Å². The fourth-order valence-electron chi connectivity index (χ4n) is 3.71. The first-order valence-electron chi connectivity index (χ1n) is 12.6. The van der Waals surface area contributed by atoms with Crippen molar-refractivity contribution in [3.63, 3.8) is 0 Å². The normalized spacial score (nSPS) is 11.7. The number of anilines is 2. The van der Waals surface area contributed by atoms with Gasteiger partial charge in [0, 0.05) is 21.8 Å². The lowest BCUT2D eigenvalue weighted by Gasteiger charge is -2.14. The summed E-state index contributed by atoms with van der Waals surface area (Å²) in [6.45, 7) is 1.82. The highest BCUT2D eigenvalue weighted by molar-refractivity contribution is 8.00. The summed E-state index contributed by atoms with van der Waals surface area (Å²) in [5, 5.41) is 8.12. The molecular formula is C32H29N3O4S. The van der Waals surface area contributed by atoms with Crippen molar-refractivity contribution < 1.29 is 19.1 Å². The second-order valence-electron chi connectivity index (χ2n) is 8.75. The molecule has 0 aliphatic carbocycles. The monoisotopic (exact) mass is 551 g/mol. The second-order valence-corrected chi connectivity index (χ2v) is 10.2. The lowest BCUT2D eigenvalue weighted by Crippen LogP contribution is -2.30. The van der Waals surface area contributed by atoms with E-state index in [1.54, 1.807) is 73.8 Å². The van der Waals surface area contributed by atoms with Crippen molar-refractivity contribution in [2.24, 2.45) is 0 Å². The van der Waals surface area contributed by atoms with E-state index in [0.29, 0.717) is 22.6 Å². The van der Waals surface area contributed by atoms with Gasteiger partial charge in [-0.05, 0) is 73.2 Å². The molecule has 0 aliphatic heterocycles. The van der Waals surface area contributed by atoms with Crippen LogP contribution in [-0.4, -0.2) is 30.1 Å². The Morgan fingerprint density at radius 1 is 0.775 bits per heavy atom. The average Bonchev–Trinajstić information content (AvgIpc) is 2.98. The minimum atomic E-state index is -0.496. The van der Waals surface area contributed by atoms with E-state index in [0.717, 1.165) is 10.6 Å². The van der Waals surface area contributed by atoms with Crippen LogP contribution in [0.4, 0.5) is 11.4 Å². The van der Waals surface area contributed by atoms with Gasteiger partial charge in [0.25, 0.3) is 11.8 Å². The summed E-state index contributed by atoms with van der Waals surface area (Å²) in [6.07, 6.45) is 1.59. The molecule has 0 aliphatic rings. The van der Waals surface area contributed by atoms with Crippen molar-refractivity contribution in [3.8, 4) is 5.75 Å².